The molecule has 2 N–H and O–H groups in total. The molecule has 0 bridgehead atoms. The molecule has 0 saturated carbocycles. The number of carboxylic acids is 1. The summed E-state index contributed by atoms with van der Waals surface area (Å²) in [6.07, 6.45) is 0. The molecule has 0 fully saturated rings. The lowest BCUT2D eigenvalue weighted by Crippen LogP contribution is -1.99. The second-order valence-electron chi connectivity index (χ2n) is 3.55. The van der Waals surface area contributed by atoms with Crippen LogP contribution in [-0.4, -0.2) is 11.1 Å². The van der Waals surface area contributed by atoms with E-state index in [0.29, 0.717) is 28.0 Å². The SMILES string of the molecule is O=C(O)c1ccc(CNc2cc(Cl)ccc2Cl)o1. The third kappa shape index (κ3) is 2.97. The molecule has 1 heterocycles. The first-order valence-electron chi connectivity index (χ1n) is 5.07. The van der Waals surface area contributed by atoms with E-state index in [9.17, 15) is 4.79 Å². The number of anilines is 1. The predicted octanol–water partition coefficient (Wildman–Crippen LogP) is 3.90. The second-order valence-corrected chi connectivity index (χ2v) is 4.39. The van der Waals surface area contributed by atoms with Crippen molar-refractivity contribution in [2.75, 3.05) is 5.32 Å². The first-order valence-corrected chi connectivity index (χ1v) is 5.83. The van der Waals surface area contributed by atoms with Crippen LogP contribution in [0.2, 0.25) is 10.0 Å². The van der Waals surface area contributed by atoms with Gasteiger partial charge in [-0.15, -0.1) is 0 Å². The van der Waals surface area contributed by atoms with E-state index >= 15 is 0 Å². The van der Waals surface area contributed by atoms with E-state index in [-0.39, 0.29) is 5.76 Å². The zero-order chi connectivity index (χ0) is 13.1. The molecule has 0 saturated heterocycles. The summed E-state index contributed by atoms with van der Waals surface area (Å²) in [4.78, 5) is 10.6. The van der Waals surface area contributed by atoms with Gasteiger partial charge in [0, 0.05) is 5.02 Å². The predicted molar refractivity (Wildman–Crippen MR) is 69.5 cm³/mol. The minimum absolute atomic E-state index is 0.0935. The van der Waals surface area contributed by atoms with E-state index in [1.807, 2.05) is 0 Å². The molecule has 18 heavy (non-hydrogen) atoms. The van der Waals surface area contributed by atoms with Crippen LogP contribution in [0.25, 0.3) is 0 Å². The molecule has 4 nitrogen and oxygen atoms in total. The Kier molecular flexibility index (Phi) is 3.79. The summed E-state index contributed by atoms with van der Waals surface area (Å²) in [6, 6.07) is 8.04. The number of halogens is 2. The fraction of sp³-hybridized carbons (Fsp3) is 0.0833. The Morgan fingerprint density at radius 3 is 2.72 bits per heavy atom. The van der Waals surface area contributed by atoms with Gasteiger partial charge < -0.3 is 14.8 Å². The van der Waals surface area contributed by atoms with Crippen LogP contribution in [0, 0.1) is 0 Å². The molecule has 2 rings (SSSR count). The Morgan fingerprint density at radius 2 is 2.06 bits per heavy atom. The molecule has 0 spiro atoms. The standard InChI is InChI=1S/C12H9Cl2NO3/c13-7-1-3-9(14)10(5-7)15-6-8-2-4-11(18-8)12(16)17/h1-5,15H,6H2,(H,16,17). The lowest BCUT2D eigenvalue weighted by Gasteiger charge is -2.06. The van der Waals surface area contributed by atoms with Gasteiger partial charge in [0.25, 0.3) is 0 Å². The molecule has 6 heteroatoms. The molecule has 1 aromatic carbocycles. The first-order chi connectivity index (χ1) is 8.56. The summed E-state index contributed by atoms with van der Waals surface area (Å²) in [6.45, 7) is 0.327. The lowest BCUT2D eigenvalue weighted by molar-refractivity contribution is 0.0660. The van der Waals surface area contributed by atoms with E-state index in [4.69, 9.17) is 32.7 Å². The maximum atomic E-state index is 10.6. The van der Waals surface area contributed by atoms with Crippen molar-refractivity contribution in [1.29, 1.82) is 0 Å². The summed E-state index contributed by atoms with van der Waals surface area (Å²) in [7, 11) is 0. The van der Waals surface area contributed by atoms with Gasteiger partial charge in [-0.25, -0.2) is 4.79 Å². The van der Waals surface area contributed by atoms with Gasteiger partial charge >= 0.3 is 5.97 Å². The zero-order valence-corrected chi connectivity index (χ0v) is 10.6. The average molecular weight is 286 g/mol. The largest absolute Gasteiger partial charge is 0.475 e. The van der Waals surface area contributed by atoms with E-state index in [1.54, 1.807) is 24.3 Å². The number of hydrogen-bond donors (Lipinski definition) is 2. The zero-order valence-electron chi connectivity index (χ0n) is 9.11. The van der Waals surface area contributed by atoms with Gasteiger partial charge in [0.2, 0.25) is 5.76 Å². The molecule has 0 aliphatic heterocycles. The molecular formula is C12H9Cl2NO3. The molecule has 0 aliphatic carbocycles. The first kappa shape index (κ1) is 12.8. The molecule has 0 radical (unpaired) electrons. The third-order valence-corrected chi connectivity index (χ3v) is 2.82. The van der Waals surface area contributed by atoms with Crippen molar-refractivity contribution in [3.05, 3.63) is 51.9 Å². The van der Waals surface area contributed by atoms with Crippen LogP contribution in [-0.2, 0) is 6.54 Å². The van der Waals surface area contributed by atoms with Crippen molar-refractivity contribution in [2.45, 2.75) is 6.54 Å². The van der Waals surface area contributed by atoms with E-state index in [1.165, 1.54) is 6.07 Å². The maximum Gasteiger partial charge on any atom is 0.371 e. The Labute approximate surface area is 113 Å². The maximum absolute atomic E-state index is 10.6. The number of carboxylic acid groups (broad SMARTS) is 1. The number of nitrogens with one attached hydrogen (secondary N) is 1. The highest BCUT2D eigenvalue weighted by atomic mass is 35.5. The Bertz CT molecular complexity index is 580. The summed E-state index contributed by atoms with van der Waals surface area (Å²) in [5.74, 6) is -0.686. The fourth-order valence-corrected chi connectivity index (χ4v) is 1.76. The van der Waals surface area contributed by atoms with Crippen LogP contribution >= 0.6 is 23.2 Å². The smallest absolute Gasteiger partial charge is 0.371 e. The number of aromatic carboxylic acids is 1. The average Bonchev–Trinajstić information content (AvgIpc) is 2.79. The molecule has 2 aromatic rings. The Hall–Kier alpha value is -1.65. The van der Waals surface area contributed by atoms with Gasteiger partial charge in [0.1, 0.15) is 5.76 Å². The van der Waals surface area contributed by atoms with E-state index in [0.717, 1.165) is 0 Å². The van der Waals surface area contributed by atoms with Crippen molar-refractivity contribution in [3.8, 4) is 0 Å². The highest BCUT2D eigenvalue weighted by molar-refractivity contribution is 6.35. The molecule has 0 unspecified atom stereocenters. The lowest BCUT2D eigenvalue weighted by atomic mass is 10.3. The van der Waals surface area contributed by atoms with Gasteiger partial charge in [0.05, 0.1) is 17.3 Å². The van der Waals surface area contributed by atoms with Crippen molar-refractivity contribution in [2.24, 2.45) is 0 Å². The van der Waals surface area contributed by atoms with Crippen molar-refractivity contribution in [3.63, 3.8) is 0 Å². The third-order valence-electron chi connectivity index (χ3n) is 2.25. The van der Waals surface area contributed by atoms with Crippen LogP contribution in [0.5, 0.6) is 0 Å². The Balaban J connectivity index is 2.06. The number of carbonyl (C=O) groups is 1. The normalized spacial score (nSPS) is 10.3. The number of benzene rings is 1. The molecule has 1 aromatic heterocycles. The summed E-state index contributed by atoms with van der Waals surface area (Å²) in [5.41, 5.74) is 0.664. The Morgan fingerprint density at radius 1 is 1.28 bits per heavy atom. The number of hydrogen-bond acceptors (Lipinski definition) is 3. The number of rotatable bonds is 4. The van der Waals surface area contributed by atoms with Crippen molar-refractivity contribution >= 4 is 34.9 Å². The van der Waals surface area contributed by atoms with Gasteiger partial charge in [-0.2, -0.15) is 0 Å². The van der Waals surface area contributed by atoms with Gasteiger partial charge in [-0.1, -0.05) is 23.2 Å². The second kappa shape index (κ2) is 5.33. The van der Waals surface area contributed by atoms with Crippen LogP contribution in [0.3, 0.4) is 0 Å². The molecular weight excluding hydrogens is 277 g/mol. The molecule has 0 amide bonds. The highest BCUT2D eigenvalue weighted by Gasteiger charge is 2.09. The fourth-order valence-electron chi connectivity index (χ4n) is 1.40. The summed E-state index contributed by atoms with van der Waals surface area (Å²) in [5, 5.41) is 12.8. The van der Waals surface area contributed by atoms with Crippen LogP contribution < -0.4 is 5.32 Å². The van der Waals surface area contributed by atoms with E-state index < -0.39 is 5.97 Å². The topological polar surface area (TPSA) is 62.5 Å². The summed E-state index contributed by atoms with van der Waals surface area (Å²) >= 11 is 11.8. The van der Waals surface area contributed by atoms with Crippen molar-refractivity contribution in [1.82, 2.24) is 0 Å². The molecule has 0 aliphatic rings. The van der Waals surface area contributed by atoms with Crippen molar-refractivity contribution < 1.29 is 14.3 Å². The van der Waals surface area contributed by atoms with Gasteiger partial charge in [-0.05, 0) is 30.3 Å². The molecule has 94 valence electrons. The minimum Gasteiger partial charge on any atom is -0.475 e. The van der Waals surface area contributed by atoms with Crippen LogP contribution in [0.4, 0.5) is 5.69 Å². The number of furan rings is 1. The minimum atomic E-state index is -1.10. The van der Waals surface area contributed by atoms with Gasteiger partial charge in [-0.3, -0.25) is 0 Å². The quantitative estimate of drug-likeness (QED) is 0.894. The molecule has 0 atom stereocenters. The summed E-state index contributed by atoms with van der Waals surface area (Å²) < 4.78 is 5.10. The van der Waals surface area contributed by atoms with Gasteiger partial charge in [0.15, 0.2) is 0 Å². The monoisotopic (exact) mass is 285 g/mol. The van der Waals surface area contributed by atoms with Crippen LogP contribution in [0.15, 0.2) is 34.7 Å². The van der Waals surface area contributed by atoms with E-state index in [2.05, 4.69) is 5.32 Å². The highest BCUT2D eigenvalue weighted by Crippen LogP contribution is 2.26. The van der Waals surface area contributed by atoms with Crippen LogP contribution in [0.1, 0.15) is 16.3 Å².